The molecule has 2 saturated heterocycles. The lowest BCUT2D eigenvalue weighted by molar-refractivity contribution is 0.00578. The van der Waals surface area contributed by atoms with Gasteiger partial charge >= 0.3 is 7.12 Å². The molecule has 3 fully saturated rings. The summed E-state index contributed by atoms with van der Waals surface area (Å²) in [5.41, 5.74) is -0.335. The van der Waals surface area contributed by atoms with Crippen LogP contribution in [0.5, 0.6) is 0 Å². The highest BCUT2D eigenvalue weighted by Crippen LogP contribution is 2.57. The SMILES string of the molecule is CC1(C)OB([C@@H]2C[C@H]2C2CCNCC2)OC1(C)C.Cl. The summed E-state index contributed by atoms with van der Waals surface area (Å²) in [6.45, 7) is 11.0. The van der Waals surface area contributed by atoms with Crippen LogP contribution in [0.2, 0.25) is 5.82 Å². The van der Waals surface area contributed by atoms with E-state index in [1.807, 2.05) is 0 Å². The van der Waals surface area contributed by atoms with Crippen molar-refractivity contribution in [3.05, 3.63) is 0 Å². The van der Waals surface area contributed by atoms with E-state index in [1.165, 1.54) is 32.4 Å². The molecule has 1 saturated carbocycles. The first-order chi connectivity index (χ1) is 8.41. The molecule has 3 rings (SSSR count). The molecule has 2 heterocycles. The molecule has 3 aliphatic rings. The van der Waals surface area contributed by atoms with Gasteiger partial charge in [-0.15, -0.1) is 12.4 Å². The van der Waals surface area contributed by atoms with E-state index in [0.717, 1.165) is 11.8 Å². The minimum absolute atomic E-state index is 0. The topological polar surface area (TPSA) is 30.5 Å². The standard InChI is InChI=1S/C14H26BNO2.ClH/c1-13(2)14(3,4)18-15(17-13)12-9-11(12)10-5-7-16-8-6-10;/h10-12,16H,5-9H2,1-4H3;1H/t11-,12+;/m0./s1. The third-order valence-corrected chi connectivity index (χ3v) is 5.50. The highest BCUT2D eigenvalue weighted by atomic mass is 35.5. The van der Waals surface area contributed by atoms with E-state index in [9.17, 15) is 0 Å². The largest absolute Gasteiger partial charge is 0.461 e. The number of rotatable bonds is 2. The Hall–Kier alpha value is 0.235. The van der Waals surface area contributed by atoms with E-state index in [-0.39, 0.29) is 30.7 Å². The Bertz CT molecular complexity index is 315. The van der Waals surface area contributed by atoms with Crippen molar-refractivity contribution in [3.8, 4) is 0 Å². The molecule has 0 unspecified atom stereocenters. The maximum atomic E-state index is 6.17. The Labute approximate surface area is 123 Å². The lowest BCUT2D eigenvalue weighted by Gasteiger charge is -2.32. The summed E-state index contributed by atoms with van der Waals surface area (Å²) in [5.74, 6) is 2.39. The lowest BCUT2D eigenvalue weighted by Crippen LogP contribution is -2.41. The summed E-state index contributed by atoms with van der Waals surface area (Å²) < 4.78 is 12.3. The van der Waals surface area contributed by atoms with Crippen molar-refractivity contribution >= 4 is 19.5 Å². The Balaban J connectivity index is 0.00000133. The molecule has 1 aliphatic carbocycles. The maximum Gasteiger partial charge on any atom is 0.461 e. The molecule has 2 aliphatic heterocycles. The molecule has 19 heavy (non-hydrogen) atoms. The summed E-state index contributed by atoms with van der Waals surface area (Å²) in [6, 6.07) is 0. The smallest absolute Gasteiger partial charge is 0.403 e. The molecule has 0 bridgehead atoms. The molecular weight excluding hydrogens is 260 g/mol. The molecule has 2 atom stereocenters. The van der Waals surface area contributed by atoms with Crippen molar-refractivity contribution in [2.45, 2.75) is 64.0 Å². The van der Waals surface area contributed by atoms with Crippen molar-refractivity contribution in [1.82, 2.24) is 5.32 Å². The second-order valence-electron chi connectivity index (χ2n) is 7.28. The minimum atomic E-state index is -0.168. The second kappa shape index (κ2) is 5.21. The predicted molar refractivity (Wildman–Crippen MR) is 80.8 cm³/mol. The zero-order valence-electron chi connectivity index (χ0n) is 12.6. The average molecular weight is 288 g/mol. The van der Waals surface area contributed by atoms with Gasteiger partial charge in [-0.2, -0.15) is 0 Å². The van der Waals surface area contributed by atoms with E-state index in [2.05, 4.69) is 33.0 Å². The van der Waals surface area contributed by atoms with Gasteiger partial charge < -0.3 is 14.6 Å². The summed E-state index contributed by atoms with van der Waals surface area (Å²) in [6.07, 6.45) is 3.98. The molecular formula is C14H27BClNO2. The number of hydrogen-bond donors (Lipinski definition) is 1. The van der Waals surface area contributed by atoms with Crippen LogP contribution in [0.3, 0.4) is 0 Å². The third kappa shape index (κ3) is 2.83. The molecule has 1 N–H and O–H groups in total. The van der Waals surface area contributed by atoms with Crippen LogP contribution < -0.4 is 5.32 Å². The van der Waals surface area contributed by atoms with Crippen LogP contribution in [0.15, 0.2) is 0 Å². The summed E-state index contributed by atoms with van der Waals surface area (Å²) in [5, 5.41) is 3.45. The van der Waals surface area contributed by atoms with Crippen molar-refractivity contribution in [1.29, 1.82) is 0 Å². The normalized spacial score (nSPS) is 36.9. The van der Waals surface area contributed by atoms with Crippen LogP contribution in [0.1, 0.15) is 47.0 Å². The number of hydrogen-bond acceptors (Lipinski definition) is 3. The Kier molecular flexibility index (Phi) is 4.29. The van der Waals surface area contributed by atoms with E-state index >= 15 is 0 Å². The van der Waals surface area contributed by atoms with Crippen LogP contribution in [0, 0.1) is 11.8 Å². The van der Waals surface area contributed by atoms with Crippen LogP contribution >= 0.6 is 12.4 Å². The fourth-order valence-electron chi connectivity index (χ4n) is 3.43. The fraction of sp³-hybridized carbons (Fsp3) is 1.00. The first-order valence-electron chi connectivity index (χ1n) is 7.47. The molecule has 0 aromatic rings. The molecule has 0 aromatic heterocycles. The van der Waals surface area contributed by atoms with Gasteiger partial charge in [0.2, 0.25) is 0 Å². The van der Waals surface area contributed by atoms with Gasteiger partial charge in [0.1, 0.15) is 0 Å². The summed E-state index contributed by atoms with van der Waals surface area (Å²) in [4.78, 5) is 0. The van der Waals surface area contributed by atoms with Crippen LogP contribution in [-0.2, 0) is 9.31 Å². The van der Waals surface area contributed by atoms with Gasteiger partial charge in [0, 0.05) is 0 Å². The van der Waals surface area contributed by atoms with E-state index in [4.69, 9.17) is 9.31 Å². The monoisotopic (exact) mass is 287 g/mol. The number of piperidine rings is 1. The maximum absolute atomic E-state index is 6.17. The Morgan fingerprint density at radius 2 is 1.53 bits per heavy atom. The van der Waals surface area contributed by atoms with Gasteiger partial charge in [0.15, 0.2) is 0 Å². The highest BCUT2D eigenvalue weighted by molar-refractivity contribution is 6.48. The lowest BCUT2D eigenvalue weighted by atomic mass is 9.77. The molecule has 0 amide bonds. The summed E-state index contributed by atoms with van der Waals surface area (Å²) >= 11 is 0. The quantitative estimate of drug-likeness (QED) is 0.792. The van der Waals surface area contributed by atoms with Crippen LogP contribution in [-0.4, -0.2) is 31.4 Å². The van der Waals surface area contributed by atoms with E-state index < -0.39 is 0 Å². The van der Waals surface area contributed by atoms with Crippen LogP contribution in [0.4, 0.5) is 0 Å². The van der Waals surface area contributed by atoms with Gasteiger partial charge in [-0.1, -0.05) is 0 Å². The minimum Gasteiger partial charge on any atom is -0.403 e. The predicted octanol–water partition coefficient (Wildman–Crippen LogP) is 2.89. The number of halogens is 1. The molecule has 0 radical (unpaired) electrons. The van der Waals surface area contributed by atoms with E-state index in [1.54, 1.807) is 0 Å². The molecule has 110 valence electrons. The molecule has 5 heteroatoms. The fourth-order valence-corrected chi connectivity index (χ4v) is 3.43. The summed E-state index contributed by atoms with van der Waals surface area (Å²) in [7, 11) is 0.0369. The third-order valence-electron chi connectivity index (χ3n) is 5.50. The second-order valence-corrected chi connectivity index (χ2v) is 7.28. The van der Waals surface area contributed by atoms with Crippen molar-refractivity contribution in [2.75, 3.05) is 13.1 Å². The van der Waals surface area contributed by atoms with Crippen molar-refractivity contribution in [3.63, 3.8) is 0 Å². The zero-order valence-corrected chi connectivity index (χ0v) is 13.4. The van der Waals surface area contributed by atoms with Crippen molar-refractivity contribution in [2.24, 2.45) is 11.8 Å². The van der Waals surface area contributed by atoms with Crippen LogP contribution in [0.25, 0.3) is 0 Å². The van der Waals surface area contributed by atoms with E-state index in [0.29, 0.717) is 5.82 Å². The van der Waals surface area contributed by atoms with Gasteiger partial charge in [-0.25, -0.2) is 0 Å². The van der Waals surface area contributed by atoms with Gasteiger partial charge in [0.25, 0.3) is 0 Å². The number of nitrogens with one attached hydrogen (secondary N) is 1. The first kappa shape index (κ1) is 15.6. The molecule has 3 nitrogen and oxygen atoms in total. The van der Waals surface area contributed by atoms with Gasteiger partial charge in [0.05, 0.1) is 11.2 Å². The zero-order chi connectivity index (χ0) is 13.0. The Morgan fingerprint density at radius 1 is 1.00 bits per heavy atom. The van der Waals surface area contributed by atoms with Crippen molar-refractivity contribution < 1.29 is 9.31 Å². The average Bonchev–Trinajstić information content (AvgIpc) is 3.04. The first-order valence-corrected chi connectivity index (χ1v) is 7.47. The molecule has 0 spiro atoms. The van der Waals surface area contributed by atoms with Gasteiger partial charge in [-0.3, -0.25) is 0 Å². The molecule has 0 aromatic carbocycles. The van der Waals surface area contributed by atoms with Gasteiger partial charge in [-0.05, 0) is 77.7 Å². The Morgan fingerprint density at radius 3 is 2.05 bits per heavy atom. The highest BCUT2D eigenvalue weighted by Gasteiger charge is 2.60.